The van der Waals surface area contributed by atoms with Crippen molar-refractivity contribution >= 4 is 17.5 Å². The fourth-order valence-electron chi connectivity index (χ4n) is 2.90. The van der Waals surface area contributed by atoms with Crippen molar-refractivity contribution in [2.45, 2.75) is 32.4 Å². The third kappa shape index (κ3) is 4.20. The van der Waals surface area contributed by atoms with Gasteiger partial charge in [0.15, 0.2) is 0 Å². The first-order valence-electron chi connectivity index (χ1n) is 8.61. The molecular formula is C20H21FN2O3. The highest BCUT2D eigenvalue weighted by molar-refractivity contribution is 5.97. The highest BCUT2D eigenvalue weighted by atomic mass is 19.1. The van der Waals surface area contributed by atoms with Crippen LogP contribution in [0.5, 0.6) is 5.75 Å². The summed E-state index contributed by atoms with van der Waals surface area (Å²) >= 11 is 0. The maximum Gasteiger partial charge on any atom is 0.227 e. The van der Waals surface area contributed by atoms with Crippen LogP contribution in [-0.2, 0) is 16.1 Å². The maximum absolute atomic E-state index is 13.6. The van der Waals surface area contributed by atoms with Crippen molar-refractivity contribution in [3.8, 4) is 5.75 Å². The van der Waals surface area contributed by atoms with Gasteiger partial charge in [-0.1, -0.05) is 30.3 Å². The van der Waals surface area contributed by atoms with E-state index in [1.54, 1.807) is 23.1 Å². The fourth-order valence-corrected chi connectivity index (χ4v) is 2.90. The van der Waals surface area contributed by atoms with E-state index in [9.17, 15) is 14.0 Å². The number of nitrogens with one attached hydrogen (secondary N) is 1. The van der Waals surface area contributed by atoms with E-state index < -0.39 is 0 Å². The number of para-hydroxylation sites is 2. The molecule has 0 bridgehead atoms. The number of fused-ring (bicyclic) bond motifs is 1. The number of benzene rings is 2. The van der Waals surface area contributed by atoms with Gasteiger partial charge in [0.05, 0.1) is 12.2 Å². The number of amides is 2. The average molecular weight is 356 g/mol. The summed E-state index contributed by atoms with van der Waals surface area (Å²) in [6.45, 7) is 2.46. The van der Waals surface area contributed by atoms with Gasteiger partial charge in [0.25, 0.3) is 0 Å². The zero-order valence-corrected chi connectivity index (χ0v) is 14.6. The molecule has 6 heteroatoms. The number of hydrogen-bond acceptors (Lipinski definition) is 3. The number of nitrogens with zero attached hydrogens (tertiary/aromatic N) is 1. The van der Waals surface area contributed by atoms with Crippen molar-refractivity contribution in [3.05, 3.63) is 59.9 Å². The van der Waals surface area contributed by atoms with Gasteiger partial charge < -0.3 is 15.0 Å². The predicted octanol–water partition coefficient (Wildman–Crippen LogP) is 3.04. The summed E-state index contributed by atoms with van der Waals surface area (Å²) in [4.78, 5) is 26.2. The summed E-state index contributed by atoms with van der Waals surface area (Å²) in [5.74, 6) is -0.101. The van der Waals surface area contributed by atoms with E-state index in [1.165, 1.54) is 6.07 Å². The normalized spacial score (nSPS) is 15.8. The minimum Gasteiger partial charge on any atom is -0.487 e. The number of carbonyl (C=O) groups excluding carboxylic acids is 2. The second-order valence-electron chi connectivity index (χ2n) is 6.27. The number of carbonyl (C=O) groups is 2. The van der Waals surface area contributed by atoms with Crippen LogP contribution in [0, 0.1) is 5.82 Å². The fraction of sp³-hybridized carbons (Fsp3) is 0.300. The first-order chi connectivity index (χ1) is 12.5. The van der Waals surface area contributed by atoms with E-state index in [4.69, 9.17) is 4.74 Å². The molecule has 0 spiro atoms. The minimum atomic E-state index is -0.359. The summed E-state index contributed by atoms with van der Waals surface area (Å²) in [7, 11) is 0. The van der Waals surface area contributed by atoms with Crippen molar-refractivity contribution in [1.82, 2.24) is 5.32 Å². The van der Waals surface area contributed by atoms with E-state index >= 15 is 0 Å². The molecule has 1 atom stereocenters. The van der Waals surface area contributed by atoms with Crippen molar-refractivity contribution in [2.24, 2.45) is 0 Å². The highest BCUT2D eigenvalue weighted by Gasteiger charge is 2.27. The molecule has 2 amide bonds. The van der Waals surface area contributed by atoms with E-state index in [0.717, 1.165) is 5.69 Å². The Morgan fingerprint density at radius 3 is 2.69 bits per heavy atom. The Balaban J connectivity index is 1.54. The van der Waals surface area contributed by atoms with Crippen molar-refractivity contribution in [2.75, 3.05) is 11.4 Å². The Morgan fingerprint density at radius 1 is 1.15 bits per heavy atom. The topological polar surface area (TPSA) is 58.6 Å². The van der Waals surface area contributed by atoms with Crippen LogP contribution in [0.25, 0.3) is 0 Å². The zero-order valence-electron chi connectivity index (χ0n) is 14.6. The molecular weight excluding hydrogens is 335 g/mol. The van der Waals surface area contributed by atoms with Gasteiger partial charge in [-0.2, -0.15) is 0 Å². The zero-order chi connectivity index (χ0) is 18.5. The number of ether oxygens (including phenoxy) is 1. The molecule has 1 aliphatic heterocycles. The Labute approximate surface area is 151 Å². The van der Waals surface area contributed by atoms with Crippen LogP contribution in [0.1, 0.15) is 25.3 Å². The van der Waals surface area contributed by atoms with Gasteiger partial charge in [0.2, 0.25) is 11.8 Å². The third-order valence-electron chi connectivity index (χ3n) is 4.22. The Hall–Kier alpha value is -2.89. The molecule has 0 saturated heterocycles. The number of halogens is 1. The van der Waals surface area contributed by atoms with Crippen LogP contribution < -0.4 is 15.0 Å². The Kier molecular flexibility index (Phi) is 5.51. The van der Waals surface area contributed by atoms with Gasteiger partial charge in [-0.05, 0) is 25.1 Å². The maximum atomic E-state index is 13.6. The monoisotopic (exact) mass is 356 g/mol. The first-order valence-corrected chi connectivity index (χ1v) is 8.61. The summed E-state index contributed by atoms with van der Waals surface area (Å²) in [6.07, 6.45) is 0.0365. The molecule has 0 radical (unpaired) electrons. The molecule has 2 aromatic rings. The lowest BCUT2D eigenvalue weighted by Gasteiger charge is -2.33. The second kappa shape index (κ2) is 7.99. The lowest BCUT2D eigenvalue weighted by atomic mass is 10.1. The van der Waals surface area contributed by atoms with Crippen molar-refractivity contribution in [3.63, 3.8) is 0 Å². The van der Waals surface area contributed by atoms with Gasteiger partial charge in [0.1, 0.15) is 17.7 Å². The largest absolute Gasteiger partial charge is 0.487 e. The summed E-state index contributed by atoms with van der Waals surface area (Å²) in [5, 5.41) is 2.65. The van der Waals surface area contributed by atoms with Crippen LogP contribution in [0.15, 0.2) is 48.5 Å². The molecule has 0 fully saturated rings. The highest BCUT2D eigenvalue weighted by Crippen LogP contribution is 2.33. The summed E-state index contributed by atoms with van der Waals surface area (Å²) < 4.78 is 19.3. The lowest BCUT2D eigenvalue weighted by Crippen LogP contribution is -2.42. The smallest absolute Gasteiger partial charge is 0.227 e. The molecule has 1 heterocycles. The van der Waals surface area contributed by atoms with E-state index in [0.29, 0.717) is 17.9 Å². The molecule has 1 N–H and O–H groups in total. The van der Waals surface area contributed by atoms with Crippen molar-refractivity contribution in [1.29, 1.82) is 0 Å². The Morgan fingerprint density at radius 2 is 1.88 bits per heavy atom. The molecule has 26 heavy (non-hydrogen) atoms. The van der Waals surface area contributed by atoms with Crippen LogP contribution in [-0.4, -0.2) is 24.5 Å². The first kappa shape index (κ1) is 17.9. The van der Waals surface area contributed by atoms with Gasteiger partial charge in [-0.3, -0.25) is 9.59 Å². The molecule has 0 aliphatic carbocycles. The molecule has 0 unspecified atom stereocenters. The standard InChI is InChI=1S/C20H21FN2O3/c1-14-13-23(17-8-4-5-9-18(17)26-14)20(25)11-10-19(24)22-12-15-6-2-3-7-16(15)21/h2-9,14H,10-13H2,1H3,(H,22,24)/t14-/m1/s1. The molecule has 2 aromatic carbocycles. The van der Waals surface area contributed by atoms with Crippen LogP contribution in [0.3, 0.4) is 0 Å². The molecule has 136 valence electrons. The van der Waals surface area contributed by atoms with Gasteiger partial charge in [0, 0.05) is 24.9 Å². The summed E-state index contributed by atoms with van der Waals surface area (Å²) in [5.41, 5.74) is 1.14. The third-order valence-corrected chi connectivity index (χ3v) is 4.22. The quantitative estimate of drug-likeness (QED) is 0.896. The van der Waals surface area contributed by atoms with E-state index in [1.807, 2.05) is 31.2 Å². The average Bonchev–Trinajstić information content (AvgIpc) is 2.64. The van der Waals surface area contributed by atoms with Crippen molar-refractivity contribution < 1.29 is 18.7 Å². The predicted molar refractivity (Wildman–Crippen MR) is 96.4 cm³/mol. The van der Waals surface area contributed by atoms with Gasteiger partial charge in [-0.15, -0.1) is 0 Å². The van der Waals surface area contributed by atoms with Gasteiger partial charge >= 0.3 is 0 Å². The lowest BCUT2D eigenvalue weighted by molar-refractivity contribution is -0.125. The van der Waals surface area contributed by atoms with Crippen LogP contribution in [0.4, 0.5) is 10.1 Å². The number of anilines is 1. The molecule has 3 rings (SSSR count). The van der Waals surface area contributed by atoms with E-state index in [-0.39, 0.29) is 43.1 Å². The minimum absolute atomic E-state index is 0.0567. The molecule has 5 nitrogen and oxygen atoms in total. The number of rotatable bonds is 5. The SMILES string of the molecule is C[C@@H]1CN(C(=O)CCC(=O)NCc2ccccc2F)c2ccccc2O1. The molecule has 1 aliphatic rings. The molecule has 0 saturated carbocycles. The van der Waals surface area contributed by atoms with E-state index in [2.05, 4.69) is 5.32 Å². The second-order valence-corrected chi connectivity index (χ2v) is 6.27. The van der Waals surface area contributed by atoms with Crippen LogP contribution >= 0.6 is 0 Å². The molecule has 0 aromatic heterocycles. The summed E-state index contributed by atoms with van der Waals surface area (Å²) in [6, 6.07) is 13.6. The number of hydrogen-bond donors (Lipinski definition) is 1. The Bertz CT molecular complexity index is 809. The van der Waals surface area contributed by atoms with Crippen LogP contribution in [0.2, 0.25) is 0 Å². The van der Waals surface area contributed by atoms with Gasteiger partial charge in [-0.25, -0.2) is 4.39 Å².